The Kier molecular flexibility index (Phi) is 8.01. The summed E-state index contributed by atoms with van der Waals surface area (Å²) in [6.45, 7) is 11.5. The number of carbonyl (C=O) groups is 1. The van der Waals surface area contributed by atoms with Crippen LogP contribution in [0.4, 0.5) is 4.79 Å². The van der Waals surface area contributed by atoms with Crippen molar-refractivity contribution in [3.8, 4) is 0 Å². The highest BCUT2D eigenvalue weighted by atomic mass is 16.2. The molecule has 6 nitrogen and oxygen atoms in total. The minimum Gasteiger partial charge on any atom is -0.334 e. The fourth-order valence-electron chi connectivity index (χ4n) is 4.76. The number of carbonyl (C=O) groups excluding carboxylic acids is 1. The molecule has 1 aromatic heterocycles. The van der Waals surface area contributed by atoms with Crippen molar-refractivity contribution in [3.63, 3.8) is 0 Å². The van der Waals surface area contributed by atoms with E-state index in [2.05, 4.69) is 70.9 Å². The van der Waals surface area contributed by atoms with Crippen LogP contribution in [0.3, 0.4) is 0 Å². The third-order valence-electron chi connectivity index (χ3n) is 6.76. The average Bonchev–Trinajstić information content (AvgIpc) is 3.10. The smallest absolute Gasteiger partial charge is 0.315 e. The van der Waals surface area contributed by atoms with Crippen molar-refractivity contribution in [2.45, 2.75) is 59.8 Å². The van der Waals surface area contributed by atoms with Crippen LogP contribution in [0.15, 0.2) is 54.6 Å². The van der Waals surface area contributed by atoms with Crippen molar-refractivity contribution in [1.29, 1.82) is 0 Å². The van der Waals surface area contributed by atoms with E-state index in [1.54, 1.807) is 0 Å². The molecule has 2 aromatic carbocycles. The molecule has 3 aromatic rings. The molecule has 0 bridgehead atoms. The highest BCUT2D eigenvalue weighted by Crippen LogP contribution is 2.18. The van der Waals surface area contributed by atoms with E-state index in [4.69, 9.17) is 0 Å². The number of hydrogen-bond acceptors (Lipinski definition) is 3. The van der Waals surface area contributed by atoms with Crippen LogP contribution >= 0.6 is 0 Å². The van der Waals surface area contributed by atoms with Crippen LogP contribution in [0.2, 0.25) is 0 Å². The molecule has 0 spiro atoms. The highest BCUT2D eigenvalue weighted by Gasteiger charge is 2.16. The van der Waals surface area contributed by atoms with Crippen LogP contribution in [0.1, 0.15) is 53.4 Å². The molecule has 2 amide bonds. The molecule has 4 rings (SSSR count). The third kappa shape index (κ3) is 6.48. The lowest BCUT2D eigenvalue weighted by molar-refractivity contribution is 0.176. The maximum atomic E-state index is 12.4. The van der Waals surface area contributed by atoms with Gasteiger partial charge >= 0.3 is 6.03 Å². The van der Waals surface area contributed by atoms with E-state index in [1.807, 2.05) is 29.8 Å². The van der Waals surface area contributed by atoms with Crippen molar-refractivity contribution >= 4 is 6.03 Å². The van der Waals surface area contributed by atoms with Gasteiger partial charge in [0.15, 0.2) is 0 Å². The first-order chi connectivity index (χ1) is 16.5. The van der Waals surface area contributed by atoms with Crippen molar-refractivity contribution < 1.29 is 4.79 Å². The molecule has 34 heavy (non-hydrogen) atoms. The van der Waals surface area contributed by atoms with Gasteiger partial charge in [-0.2, -0.15) is 5.10 Å². The topological polar surface area (TPSA) is 62.2 Å². The van der Waals surface area contributed by atoms with Crippen LogP contribution < -0.4 is 10.6 Å². The molecule has 0 radical (unpaired) electrons. The van der Waals surface area contributed by atoms with E-state index < -0.39 is 0 Å². The number of rotatable bonds is 8. The molecular formula is C28H37N5O. The van der Waals surface area contributed by atoms with Gasteiger partial charge in [-0.15, -0.1) is 0 Å². The summed E-state index contributed by atoms with van der Waals surface area (Å²) in [6.07, 6.45) is 2.64. The lowest BCUT2D eigenvalue weighted by Crippen LogP contribution is -2.35. The van der Waals surface area contributed by atoms with E-state index in [0.29, 0.717) is 13.1 Å². The second-order valence-electron chi connectivity index (χ2n) is 9.63. The minimum absolute atomic E-state index is 0.166. The van der Waals surface area contributed by atoms with Crippen molar-refractivity contribution in [2.24, 2.45) is 5.92 Å². The molecule has 1 saturated heterocycles. The summed E-state index contributed by atoms with van der Waals surface area (Å²) < 4.78 is 2.01. The summed E-state index contributed by atoms with van der Waals surface area (Å²) in [5.41, 5.74) is 6.76. The number of aryl methyl sites for hydroxylation is 1. The summed E-state index contributed by atoms with van der Waals surface area (Å²) >= 11 is 0. The van der Waals surface area contributed by atoms with Crippen LogP contribution in [0.5, 0.6) is 0 Å². The van der Waals surface area contributed by atoms with Crippen molar-refractivity contribution in [1.82, 2.24) is 25.3 Å². The van der Waals surface area contributed by atoms with Gasteiger partial charge in [-0.3, -0.25) is 9.58 Å². The lowest BCUT2D eigenvalue weighted by atomic mass is 9.99. The standard InChI is InChI=1S/C28H37N5O/c1-21-8-7-15-32(18-21)19-26-13-11-24(12-14-26)16-29-28(34)30-17-27-22(2)31-33(23(27)3)20-25-9-5-4-6-10-25/h4-6,9-14,21H,7-8,15-20H2,1-3H3,(H2,29,30,34). The van der Waals surface area contributed by atoms with E-state index in [9.17, 15) is 4.79 Å². The largest absolute Gasteiger partial charge is 0.334 e. The zero-order valence-corrected chi connectivity index (χ0v) is 20.7. The average molecular weight is 460 g/mol. The SMILES string of the molecule is Cc1nn(Cc2ccccc2)c(C)c1CNC(=O)NCc1ccc(CN2CCCC(C)C2)cc1. The number of amides is 2. The predicted molar refractivity (Wildman–Crippen MR) is 136 cm³/mol. The molecule has 1 atom stereocenters. The van der Waals surface area contributed by atoms with Crippen LogP contribution in [-0.2, 0) is 26.2 Å². The Bertz CT molecular complexity index is 1070. The molecule has 1 aliphatic heterocycles. The van der Waals surface area contributed by atoms with Gasteiger partial charge in [0, 0.05) is 37.4 Å². The molecule has 1 fully saturated rings. The first-order valence-corrected chi connectivity index (χ1v) is 12.4. The maximum absolute atomic E-state index is 12.4. The van der Waals surface area contributed by atoms with Gasteiger partial charge in [-0.25, -0.2) is 4.79 Å². The Hall–Kier alpha value is -3.12. The molecule has 6 heteroatoms. The fourth-order valence-corrected chi connectivity index (χ4v) is 4.76. The fraction of sp³-hybridized carbons (Fsp3) is 0.429. The first kappa shape index (κ1) is 24.0. The monoisotopic (exact) mass is 459 g/mol. The zero-order chi connectivity index (χ0) is 23.9. The van der Waals surface area contributed by atoms with Gasteiger partial charge in [-0.1, -0.05) is 61.5 Å². The Morgan fingerprint density at radius 1 is 0.941 bits per heavy atom. The van der Waals surface area contributed by atoms with Crippen LogP contribution in [0.25, 0.3) is 0 Å². The van der Waals surface area contributed by atoms with Crippen molar-refractivity contribution in [2.75, 3.05) is 13.1 Å². The highest BCUT2D eigenvalue weighted by molar-refractivity contribution is 5.73. The Balaban J connectivity index is 1.24. The summed E-state index contributed by atoms with van der Waals surface area (Å²) in [4.78, 5) is 15.0. The molecule has 0 saturated carbocycles. The maximum Gasteiger partial charge on any atom is 0.315 e. The predicted octanol–water partition coefficient (Wildman–Crippen LogP) is 4.78. The summed E-state index contributed by atoms with van der Waals surface area (Å²) in [5.74, 6) is 0.793. The second kappa shape index (κ2) is 11.3. The minimum atomic E-state index is -0.166. The van der Waals surface area contributed by atoms with Gasteiger partial charge in [0.1, 0.15) is 0 Å². The lowest BCUT2D eigenvalue weighted by Gasteiger charge is -2.30. The number of nitrogens with zero attached hydrogens (tertiary/aromatic N) is 3. The van der Waals surface area contributed by atoms with Gasteiger partial charge in [-0.05, 0) is 55.8 Å². The van der Waals surface area contributed by atoms with Crippen molar-refractivity contribution in [3.05, 3.63) is 88.2 Å². The number of likely N-dealkylation sites (tertiary alicyclic amines) is 1. The second-order valence-corrected chi connectivity index (χ2v) is 9.63. The van der Waals surface area contributed by atoms with E-state index >= 15 is 0 Å². The van der Waals surface area contributed by atoms with Gasteiger partial charge in [0.25, 0.3) is 0 Å². The molecule has 1 aliphatic rings. The van der Waals surface area contributed by atoms with Gasteiger partial charge in [0.2, 0.25) is 0 Å². The van der Waals surface area contributed by atoms with Gasteiger partial charge < -0.3 is 10.6 Å². The Labute approximate surface area is 203 Å². The first-order valence-electron chi connectivity index (χ1n) is 12.4. The molecule has 0 aliphatic carbocycles. The Morgan fingerprint density at radius 2 is 1.62 bits per heavy atom. The number of nitrogens with one attached hydrogen (secondary N) is 2. The summed E-state index contributed by atoms with van der Waals surface area (Å²) in [6, 6.07) is 18.7. The normalized spacial score (nSPS) is 16.4. The molecule has 2 N–H and O–H groups in total. The van der Waals surface area contributed by atoms with E-state index in [-0.39, 0.29) is 6.03 Å². The summed E-state index contributed by atoms with van der Waals surface area (Å²) in [5, 5.41) is 10.6. The van der Waals surface area contributed by atoms with Crippen LogP contribution in [-0.4, -0.2) is 33.8 Å². The molecule has 180 valence electrons. The third-order valence-corrected chi connectivity index (χ3v) is 6.76. The molecular weight excluding hydrogens is 422 g/mol. The number of hydrogen-bond donors (Lipinski definition) is 2. The summed E-state index contributed by atoms with van der Waals surface area (Å²) in [7, 11) is 0. The molecule has 2 heterocycles. The number of urea groups is 1. The number of piperidine rings is 1. The molecule has 1 unspecified atom stereocenters. The number of aromatic nitrogens is 2. The van der Waals surface area contributed by atoms with E-state index in [0.717, 1.165) is 41.5 Å². The Morgan fingerprint density at radius 3 is 2.35 bits per heavy atom. The zero-order valence-electron chi connectivity index (χ0n) is 20.7. The van der Waals surface area contributed by atoms with E-state index in [1.165, 1.54) is 37.1 Å². The van der Waals surface area contributed by atoms with Crippen LogP contribution in [0, 0.1) is 19.8 Å². The van der Waals surface area contributed by atoms with Gasteiger partial charge in [0.05, 0.1) is 12.2 Å². The quantitative estimate of drug-likeness (QED) is 0.510. The number of benzene rings is 2.